The van der Waals surface area contributed by atoms with Crippen LogP contribution in [0.2, 0.25) is 5.02 Å². The molecule has 0 aliphatic heterocycles. The first-order chi connectivity index (χ1) is 11.1. The molecule has 0 bridgehead atoms. The van der Waals surface area contributed by atoms with Gasteiger partial charge in [0, 0.05) is 11.1 Å². The predicted octanol–water partition coefficient (Wildman–Crippen LogP) is 3.59. The molecule has 0 saturated carbocycles. The average Bonchev–Trinajstić information content (AvgIpc) is 2.56. The first kappa shape index (κ1) is 16.7. The topological polar surface area (TPSA) is 68.5 Å². The second kappa shape index (κ2) is 8.06. The predicted molar refractivity (Wildman–Crippen MR) is 84.9 cm³/mol. The number of rotatable bonds is 6. The van der Waals surface area contributed by atoms with Crippen LogP contribution < -0.4 is 14.2 Å². The molecular weight excluding hydrogens is 318 g/mol. The maximum absolute atomic E-state index is 11.9. The Hall–Kier alpha value is -2.71. The summed E-state index contributed by atoms with van der Waals surface area (Å²) in [4.78, 5) is 11.9. The van der Waals surface area contributed by atoms with E-state index >= 15 is 0 Å². The van der Waals surface area contributed by atoms with Crippen LogP contribution in [0, 0.1) is 11.3 Å². The Morgan fingerprint density at radius 1 is 1.13 bits per heavy atom. The van der Waals surface area contributed by atoms with E-state index in [4.69, 9.17) is 31.1 Å². The number of nitrogens with zero attached hydrogens (tertiary/aromatic N) is 1. The second-order valence-corrected chi connectivity index (χ2v) is 4.86. The van der Waals surface area contributed by atoms with E-state index in [2.05, 4.69) is 0 Å². The van der Waals surface area contributed by atoms with Crippen LogP contribution in [-0.2, 0) is 4.79 Å². The molecule has 2 aromatic carbocycles. The van der Waals surface area contributed by atoms with Gasteiger partial charge >= 0.3 is 5.97 Å². The summed E-state index contributed by atoms with van der Waals surface area (Å²) in [6, 6.07) is 13.2. The number of ether oxygens (including phenoxy) is 3. The Labute approximate surface area is 139 Å². The molecule has 0 aromatic heterocycles. The van der Waals surface area contributed by atoms with Gasteiger partial charge in [0.15, 0.2) is 18.1 Å². The summed E-state index contributed by atoms with van der Waals surface area (Å²) in [5.74, 6) is 0.517. The van der Waals surface area contributed by atoms with Crippen LogP contribution in [0.4, 0.5) is 0 Å². The molecule has 0 radical (unpaired) electrons. The number of hydrogen-bond donors (Lipinski definition) is 0. The summed E-state index contributed by atoms with van der Waals surface area (Å²) in [7, 11) is 0. The van der Waals surface area contributed by atoms with E-state index < -0.39 is 5.97 Å². The van der Waals surface area contributed by atoms with Crippen molar-refractivity contribution < 1.29 is 19.0 Å². The zero-order valence-electron chi connectivity index (χ0n) is 12.4. The smallest absolute Gasteiger partial charge is 0.349 e. The molecule has 118 valence electrons. The van der Waals surface area contributed by atoms with Gasteiger partial charge in [0.05, 0.1) is 18.2 Å². The summed E-state index contributed by atoms with van der Waals surface area (Å²) < 4.78 is 15.9. The fraction of sp³-hybridized carbons (Fsp3) is 0.176. The quantitative estimate of drug-likeness (QED) is 0.597. The van der Waals surface area contributed by atoms with Gasteiger partial charge in [-0.3, -0.25) is 0 Å². The van der Waals surface area contributed by atoms with Crippen LogP contribution in [0.3, 0.4) is 0 Å². The fourth-order valence-corrected chi connectivity index (χ4v) is 1.88. The number of carbonyl (C=O) groups excluding carboxylic acids is 1. The zero-order valence-corrected chi connectivity index (χ0v) is 13.2. The van der Waals surface area contributed by atoms with E-state index in [0.29, 0.717) is 28.7 Å². The van der Waals surface area contributed by atoms with Gasteiger partial charge < -0.3 is 14.2 Å². The average molecular weight is 332 g/mol. The summed E-state index contributed by atoms with van der Waals surface area (Å²) in [5.41, 5.74) is 0.422. The van der Waals surface area contributed by atoms with Crippen molar-refractivity contribution in [2.24, 2.45) is 0 Å². The molecule has 0 unspecified atom stereocenters. The third-order valence-corrected chi connectivity index (χ3v) is 3.02. The molecule has 0 atom stereocenters. The molecule has 2 rings (SSSR count). The molecule has 0 heterocycles. The zero-order chi connectivity index (χ0) is 16.7. The van der Waals surface area contributed by atoms with Crippen molar-refractivity contribution in [1.29, 1.82) is 5.26 Å². The number of halogens is 1. The molecule has 23 heavy (non-hydrogen) atoms. The molecule has 2 aromatic rings. The summed E-state index contributed by atoms with van der Waals surface area (Å²) in [6.07, 6.45) is 0. The van der Waals surface area contributed by atoms with Gasteiger partial charge in [0.25, 0.3) is 0 Å². The van der Waals surface area contributed by atoms with E-state index in [9.17, 15) is 4.79 Å². The Kier molecular flexibility index (Phi) is 5.84. The van der Waals surface area contributed by atoms with Gasteiger partial charge in [-0.2, -0.15) is 5.26 Å². The molecule has 0 aliphatic rings. The van der Waals surface area contributed by atoms with Crippen LogP contribution in [0.15, 0.2) is 42.5 Å². The highest BCUT2D eigenvalue weighted by Gasteiger charge is 2.12. The minimum absolute atomic E-state index is 0.246. The van der Waals surface area contributed by atoms with Crippen molar-refractivity contribution in [3.63, 3.8) is 0 Å². The normalized spacial score (nSPS) is 9.78. The summed E-state index contributed by atoms with van der Waals surface area (Å²) in [6.45, 7) is 1.93. The maximum Gasteiger partial charge on any atom is 0.349 e. The number of benzene rings is 2. The van der Waals surface area contributed by atoms with Crippen LogP contribution in [0.5, 0.6) is 17.2 Å². The van der Waals surface area contributed by atoms with Crippen LogP contribution in [-0.4, -0.2) is 19.2 Å². The molecule has 0 N–H and O–H groups in total. The first-order valence-electron chi connectivity index (χ1n) is 6.88. The van der Waals surface area contributed by atoms with E-state index in [0.717, 1.165) is 0 Å². The maximum atomic E-state index is 11.9. The van der Waals surface area contributed by atoms with Crippen molar-refractivity contribution in [3.05, 3.63) is 53.1 Å². The van der Waals surface area contributed by atoms with E-state index in [1.54, 1.807) is 37.3 Å². The highest BCUT2D eigenvalue weighted by Crippen LogP contribution is 2.28. The highest BCUT2D eigenvalue weighted by molar-refractivity contribution is 6.30. The number of nitriles is 1. The third kappa shape index (κ3) is 4.90. The van der Waals surface area contributed by atoms with Gasteiger partial charge in [-0.15, -0.1) is 0 Å². The Bertz CT molecular complexity index is 722. The number of esters is 1. The molecule has 0 saturated heterocycles. The lowest BCUT2D eigenvalue weighted by Crippen LogP contribution is -2.18. The lowest BCUT2D eigenvalue weighted by Gasteiger charge is -2.11. The van der Waals surface area contributed by atoms with Gasteiger partial charge in [-0.05, 0) is 43.3 Å². The van der Waals surface area contributed by atoms with Crippen molar-refractivity contribution in [2.75, 3.05) is 13.2 Å². The van der Waals surface area contributed by atoms with Crippen LogP contribution in [0.25, 0.3) is 0 Å². The van der Waals surface area contributed by atoms with Crippen molar-refractivity contribution in [1.82, 2.24) is 0 Å². The Balaban J connectivity index is 1.99. The Morgan fingerprint density at radius 2 is 1.87 bits per heavy atom. The lowest BCUT2D eigenvalue weighted by molar-refractivity contribution is -0.136. The minimum Gasteiger partial charge on any atom is -0.490 e. The summed E-state index contributed by atoms with van der Waals surface area (Å²) in [5, 5.41) is 9.47. The Morgan fingerprint density at radius 3 is 2.52 bits per heavy atom. The van der Waals surface area contributed by atoms with Gasteiger partial charge in [0.2, 0.25) is 0 Å². The molecule has 5 nitrogen and oxygen atoms in total. The number of carbonyl (C=O) groups is 1. The van der Waals surface area contributed by atoms with Gasteiger partial charge in [-0.25, -0.2) is 4.79 Å². The lowest BCUT2D eigenvalue weighted by atomic mass is 10.2. The van der Waals surface area contributed by atoms with Crippen LogP contribution in [0.1, 0.15) is 12.5 Å². The van der Waals surface area contributed by atoms with E-state index in [1.165, 1.54) is 12.1 Å². The van der Waals surface area contributed by atoms with Crippen molar-refractivity contribution in [2.45, 2.75) is 6.92 Å². The third-order valence-electron chi connectivity index (χ3n) is 2.77. The largest absolute Gasteiger partial charge is 0.490 e. The molecular formula is C17H14ClNO4. The molecule has 0 aliphatic carbocycles. The van der Waals surface area contributed by atoms with Crippen LogP contribution >= 0.6 is 11.6 Å². The molecule has 0 fully saturated rings. The van der Waals surface area contributed by atoms with Crippen molar-refractivity contribution >= 4 is 17.6 Å². The monoisotopic (exact) mass is 331 g/mol. The van der Waals surface area contributed by atoms with Crippen molar-refractivity contribution in [3.8, 4) is 23.3 Å². The second-order valence-electron chi connectivity index (χ2n) is 4.42. The molecule has 6 heteroatoms. The van der Waals surface area contributed by atoms with E-state index in [1.807, 2.05) is 6.07 Å². The minimum atomic E-state index is -0.578. The van der Waals surface area contributed by atoms with E-state index in [-0.39, 0.29) is 12.4 Å². The van der Waals surface area contributed by atoms with Gasteiger partial charge in [-0.1, -0.05) is 11.6 Å². The molecule has 0 spiro atoms. The first-order valence-corrected chi connectivity index (χ1v) is 7.26. The fourth-order valence-electron chi connectivity index (χ4n) is 1.76. The molecule has 0 amide bonds. The SMILES string of the molecule is CCOc1cc(C#N)ccc1OC(=O)COc1ccc(Cl)cc1. The summed E-state index contributed by atoms with van der Waals surface area (Å²) >= 11 is 5.77. The highest BCUT2D eigenvalue weighted by atomic mass is 35.5. The standard InChI is InChI=1S/C17H14ClNO4/c1-2-21-16-9-12(10-19)3-8-15(16)23-17(20)11-22-14-6-4-13(18)5-7-14/h3-9H,2,11H2,1H3. The van der Waals surface area contributed by atoms with Gasteiger partial charge in [0.1, 0.15) is 5.75 Å². The number of hydrogen-bond acceptors (Lipinski definition) is 5.